The Kier molecular flexibility index (Phi) is 7.83. The number of fused-ring (bicyclic) bond motifs is 1. The molecule has 1 aromatic heterocycles. The molecule has 1 amide bonds. The molecule has 2 aromatic carbocycles. The molecule has 0 bridgehead atoms. The van der Waals surface area contributed by atoms with Gasteiger partial charge >= 0.3 is 0 Å². The first-order chi connectivity index (χ1) is 18.1. The molecule has 1 atom stereocenters. The van der Waals surface area contributed by atoms with Gasteiger partial charge in [-0.15, -0.1) is 5.10 Å². The fourth-order valence-electron chi connectivity index (χ4n) is 5.37. The van der Waals surface area contributed by atoms with Crippen molar-refractivity contribution in [1.82, 2.24) is 25.1 Å². The van der Waals surface area contributed by atoms with E-state index in [-0.39, 0.29) is 11.9 Å². The van der Waals surface area contributed by atoms with E-state index in [9.17, 15) is 4.79 Å². The summed E-state index contributed by atoms with van der Waals surface area (Å²) in [5, 5.41) is 12.5. The van der Waals surface area contributed by atoms with E-state index in [1.165, 1.54) is 24.9 Å². The van der Waals surface area contributed by atoms with Gasteiger partial charge in [0.2, 0.25) is 5.16 Å². The van der Waals surface area contributed by atoms with Gasteiger partial charge in [-0.2, -0.15) is 0 Å². The van der Waals surface area contributed by atoms with Crippen LogP contribution in [0.2, 0.25) is 0 Å². The number of aromatic nitrogens is 4. The average molecular weight is 523 g/mol. The number of benzene rings is 2. The molecular weight excluding hydrogens is 488 g/mol. The van der Waals surface area contributed by atoms with Gasteiger partial charge in [0.1, 0.15) is 0 Å². The Bertz CT molecular complexity index is 1240. The van der Waals surface area contributed by atoms with Crippen molar-refractivity contribution in [2.24, 2.45) is 7.05 Å². The second kappa shape index (κ2) is 11.4. The largest absolute Gasteiger partial charge is 0.493 e. The van der Waals surface area contributed by atoms with E-state index in [1.54, 1.807) is 30.7 Å². The summed E-state index contributed by atoms with van der Waals surface area (Å²) in [4.78, 5) is 18.3. The van der Waals surface area contributed by atoms with E-state index in [0.29, 0.717) is 18.0 Å². The third kappa shape index (κ3) is 5.25. The fourth-order valence-corrected chi connectivity index (χ4v) is 6.18. The van der Waals surface area contributed by atoms with Crippen molar-refractivity contribution in [2.75, 3.05) is 38.0 Å². The molecule has 0 spiro atoms. The number of ether oxygens (including phenoxy) is 2. The lowest BCUT2D eigenvalue weighted by atomic mass is 10.00. The monoisotopic (exact) mass is 522 g/mol. The van der Waals surface area contributed by atoms with E-state index in [1.807, 2.05) is 42.3 Å². The van der Waals surface area contributed by atoms with Gasteiger partial charge in [-0.05, 0) is 72.4 Å². The first-order valence-electron chi connectivity index (χ1n) is 12.9. The second-order valence-corrected chi connectivity index (χ2v) is 10.6. The molecule has 196 valence electrons. The van der Waals surface area contributed by atoms with E-state index >= 15 is 0 Å². The molecule has 5 rings (SSSR count). The molecule has 1 fully saturated rings. The molecule has 9 nitrogen and oxygen atoms in total. The van der Waals surface area contributed by atoms with Gasteiger partial charge in [0, 0.05) is 49.2 Å². The van der Waals surface area contributed by atoms with Crippen molar-refractivity contribution in [3.05, 3.63) is 53.1 Å². The molecule has 0 aliphatic carbocycles. The van der Waals surface area contributed by atoms with Crippen LogP contribution in [0, 0.1) is 0 Å². The summed E-state index contributed by atoms with van der Waals surface area (Å²) in [5.41, 5.74) is 4.24. The number of carbonyl (C=O) groups is 1. The number of tetrazole rings is 1. The zero-order valence-electron chi connectivity index (χ0n) is 21.7. The standard InChI is InChI=1S/C27H34N6O3S/c1-31-27(28-29-30-31)37-16-8-11-22(19-12-13-24(35-2)25(17-19)36-3)33-18-21-20(26(33)34)9-7-10-23(21)32-14-5-4-6-15-32/h7,9-10,12-13,17,22H,4-6,8,11,14-16,18H2,1-3H3/t22-/m1/s1. The van der Waals surface area contributed by atoms with Crippen LogP contribution in [0.25, 0.3) is 0 Å². The van der Waals surface area contributed by atoms with Gasteiger partial charge in [0.05, 0.1) is 20.3 Å². The van der Waals surface area contributed by atoms with Crippen molar-refractivity contribution >= 4 is 23.4 Å². The van der Waals surface area contributed by atoms with Crippen molar-refractivity contribution in [3.63, 3.8) is 0 Å². The first-order valence-corrected chi connectivity index (χ1v) is 13.8. The third-order valence-electron chi connectivity index (χ3n) is 7.27. The van der Waals surface area contributed by atoms with Crippen LogP contribution in [0.3, 0.4) is 0 Å². The van der Waals surface area contributed by atoms with Crippen molar-refractivity contribution in [2.45, 2.75) is 49.8 Å². The molecule has 0 unspecified atom stereocenters. The maximum absolute atomic E-state index is 13.8. The molecule has 1 saturated heterocycles. The van der Waals surface area contributed by atoms with Gasteiger partial charge in [0.25, 0.3) is 5.91 Å². The van der Waals surface area contributed by atoms with E-state index in [0.717, 1.165) is 53.5 Å². The SMILES string of the molecule is COc1ccc([C@@H](CCCSc2nnnn2C)N2Cc3c(cccc3N3CCCCC3)C2=O)cc1OC. The van der Waals surface area contributed by atoms with Gasteiger partial charge in [0.15, 0.2) is 11.5 Å². The lowest BCUT2D eigenvalue weighted by Gasteiger charge is -2.31. The molecule has 10 heteroatoms. The summed E-state index contributed by atoms with van der Waals surface area (Å²) in [7, 11) is 5.12. The molecule has 0 saturated carbocycles. The highest BCUT2D eigenvalue weighted by atomic mass is 32.2. The fraction of sp³-hybridized carbons (Fsp3) is 0.481. The Labute approximate surface area is 222 Å². The highest BCUT2D eigenvalue weighted by molar-refractivity contribution is 7.99. The maximum atomic E-state index is 13.8. The first kappa shape index (κ1) is 25.4. The van der Waals surface area contributed by atoms with Gasteiger partial charge in [-0.25, -0.2) is 4.68 Å². The number of hydrogen-bond acceptors (Lipinski definition) is 8. The van der Waals surface area contributed by atoms with Crippen molar-refractivity contribution in [3.8, 4) is 11.5 Å². The Hall–Kier alpha value is -3.27. The number of thioether (sulfide) groups is 1. The molecule has 3 heterocycles. The van der Waals surface area contributed by atoms with Crippen LogP contribution in [-0.2, 0) is 13.6 Å². The Morgan fingerprint density at radius 1 is 1.05 bits per heavy atom. The molecule has 3 aromatic rings. The summed E-state index contributed by atoms with van der Waals surface area (Å²) >= 11 is 1.63. The molecule has 2 aliphatic heterocycles. The molecular formula is C27H34N6O3S. The Morgan fingerprint density at radius 3 is 2.59 bits per heavy atom. The number of piperidine rings is 1. The van der Waals surface area contributed by atoms with Crippen LogP contribution in [0.4, 0.5) is 5.69 Å². The lowest BCUT2D eigenvalue weighted by molar-refractivity contribution is 0.0690. The van der Waals surface area contributed by atoms with Crippen LogP contribution in [0.1, 0.15) is 59.6 Å². The summed E-state index contributed by atoms with van der Waals surface area (Å²) in [6, 6.07) is 12.1. The predicted octanol–water partition coefficient (Wildman–Crippen LogP) is 4.49. The van der Waals surface area contributed by atoms with Crippen LogP contribution < -0.4 is 14.4 Å². The van der Waals surface area contributed by atoms with Gasteiger partial charge in [-0.3, -0.25) is 4.79 Å². The number of anilines is 1. The summed E-state index contributed by atoms with van der Waals surface area (Å²) in [6.07, 6.45) is 5.39. The van der Waals surface area contributed by atoms with Crippen LogP contribution in [0.5, 0.6) is 11.5 Å². The summed E-state index contributed by atoms with van der Waals surface area (Å²) in [5.74, 6) is 2.30. The average Bonchev–Trinajstić information content (AvgIpc) is 3.51. The minimum absolute atomic E-state index is 0.0906. The molecule has 0 N–H and O–H groups in total. The highest BCUT2D eigenvalue weighted by Crippen LogP contribution is 2.41. The van der Waals surface area contributed by atoms with Gasteiger partial charge in [-0.1, -0.05) is 23.9 Å². The van der Waals surface area contributed by atoms with Crippen LogP contribution >= 0.6 is 11.8 Å². The lowest BCUT2D eigenvalue weighted by Crippen LogP contribution is -2.31. The zero-order valence-corrected chi connectivity index (χ0v) is 22.5. The summed E-state index contributed by atoms with van der Waals surface area (Å²) < 4.78 is 12.7. The number of aryl methyl sites for hydroxylation is 1. The van der Waals surface area contributed by atoms with E-state index < -0.39 is 0 Å². The topological polar surface area (TPSA) is 85.6 Å². The Morgan fingerprint density at radius 2 is 1.86 bits per heavy atom. The quantitative estimate of drug-likeness (QED) is 0.285. The number of rotatable bonds is 10. The third-order valence-corrected chi connectivity index (χ3v) is 8.37. The second-order valence-electron chi connectivity index (χ2n) is 9.49. The van der Waals surface area contributed by atoms with Crippen molar-refractivity contribution in [1.29, 1.82) is 0 Å². The minimum atomic E-state index is -0.0906. The molecule has 0 radical (unpaired) electrons. The maximum Gasteiger partial charge on any atom is 0.255 e. The molecule has 2 aliphatic rings. The van der Waals surface area contributed by atoms with Gasteiger partial charge < -0.3 is 19.3 Å². The number of methoxy groups -OCH3 is 2. The number of amides is 1. The highest BCUT2D eigenvalue weighted by Gasteiger charge is 2.36. The number of carbonyl (C=O) groups excluding carboxylic acids is 1. The Balaban J connectivity index is 1.41. The predicted molar refractivity (Wildman–Crippen MR) is 143 cm³/mol. The number of hydrogen-bond donors (Lipinski definition) is 0. The summed E-state index contributed by atoms with van der Waals surface area (Å²) in [6.45, 7) is 2.72. The normalized spacial score (nSPS) is 16.1. The van der Waals surface area contributed by atoms with E-state index in [4.69, 9.17) is 9.47 Å². The van der Waals surface area contributed by atoms with Crippen molar-refractivity contribution < 1.29 is 14.3 Å². The van der Waals surface area contributed by atoms with E-state index in [2.05, 4.69) is 26.5 Å². The van der Waals surface area contributed by atoms with Crippen LogP contribution in [-0.4, -0.2) is 64.1 Å². The van der Waals surface area contributed by atoms with Crippen LogP contribution in [0.15, 0.2) is 41.6 Å². The zero-order chi connectivity index (χ0) is 25.8. The molecule has 37 heavy (non-hydrogen) atoms. The smallest absolute Gasteiger partial charge is 0.255 e. The minimum Gasteiger partial charge on any atom is -0.493 e. The number of nitrogens with zero attached hydrogens (tertiary/aromatic N) is 6.